The maximum absolute atomic E-state index is 13.9. The number of aliphatic carboxylic acids is 1. The second-order valence-electron chi connectivity index (χ2n) is 9.76. The van der Waals surface area contributed by atoms with E-state index in [9.17, 15) is 24.8 Å². The molecule has 2 saturated heterocycles. The van der Waals surface area contributed by atoms with Crippen molar-refractivity contribution in [3.8, 4) is 11.8 Å². The van der Waals surface area contributed by atoms with E-state index in [1.807, 2.05) is 24.3 Å². The summed E-state index contributed by atoms with van der Waals surface area (Å²) in [7, 11) is 1.56. The summed E-state index contributed by atoms with van der Waals surface area (Å²) >= 11 is 1.15. The molecule has 0 bridgehead atoms. The fourth-order valence-corrected chi connectivity index (χ4v) is 6.30. The molecule has 198 valence electrons. The van der Waals surface area contributed by atoms with Gasteiger partial charge in [-0.25, -0.2) is 14.5 Å². The lowest BCUT2D eigenvalue weighted by Gasteiger charge is -2.47. The Labute approximate surface area is 220 Å². The van der Waals surface area contributed by atoms with Crippen molar-refractivity contribution < 1.29 is 33.7 Å². The van der Waals surface area contributed by atoms with Gasteiger partial charge in [0.05, 0.1) is 30.6 Å². The Kier molecular flexibility index (Phi) is 7.83. The Morgan fingerprint density at radius 1 is 1.30 bits per heavy atom. The van der Waals surface area contributed by atoms with Crippen LogP contribution in [0.25, 0.3) is 0 Å². The number of allylic oxidation sites excluding steroid dienone is 1. The molecule has 3 atom stereocenters. The van der Waals surface area contributed by atoms with Crippen molar-refractivity contribution >= 4 is 29.7 Å². The molecule has 0 saturated carbocycles. The maximum Gasteiger partial charge on any atom is 0.329 e. The number of hydrogen-bond acceptors (Lipinski definition) is 8. The molecule has 3 heterocycles. The van der Waals surface area contributed by atoms with Crippen molar-refractivity contribution in [2.45, 2.75) is 56.7 Å². The van der Waals surface area contributed by atoms with Crippen molar-refractivity contribution in [1.29, 1.82) is 5.26 Å². The van der Waals surface area contributed by atoms with E-state index in [1.54, 1.807) is 14.0 Å². The normalized spacial score (nSPS) is 23.6. The monoisotopic (exact) mass is 529 g/mol. The minimum absolute atomic E-state index is 0.0379. The average Bonchev–Trinajstić information content (AvgIpc) is 3.22. The third-order valence-corrected chi connectivity index (χ3v) is 8.55. The SMILES string of the molecule is COc1ccccc1C(CN1C(=O)N(C(C)(C)C(=O)O)C(=O)C2C(C)=C(C#N)SC21)OC1CCOCC1. The summed E-state index contributed by atoms with van der Waals surface area (Å²) in [5, 5.41) is 18.9. The molecule has 0 spiro atoms. The fourth-order valence-electron chi connectivity index (χ4n) is 4.94. The van der Waals surface area contributed by atoms with Crippen LogP contribution in [0.2, 0.25) is 0 Å². The Hall–Kier alpha value is -3.07. The van der Waals surface area contributed by atoms with Crippen LogP contribution in [-0.4, -0.2) is 76.7 Å². The number of ether oxygens (including phenoxy) is 3. The van der Waals surface area contributed by atoms with Crippen molar-refractivity contribution in [3.63, 3.8) is 0 Å². The van der Waals surface area contributed by atoms with Crippen LogP contribution < -0.4 is 4.74 Å². The molecule has 0 aliphatic carbocycles. The van der Waals surface area contributed by atoms with E-state index in [1.165, 1.54) is 18.7 Å². The number of nitriles is 1. The first-order valence-electron chi connectivity index (χ1n) is 12.1. The van der Waals surface area contributed by atoms with Gasteiger partial charge in [-0.3, -0.25) is 4.79 Å². The van der Waals surface area contributed by atoms with E-state index in [-0.39, 0.29) is 12.6 Å². The van der Waals surface area contributed by atoms with Crippen molar-refractivity contribution in [3.05, 3.63) is 40.3 Å². The number of hydrogen-bond donors (Lipinski definition) is 1. The summed E-state index contributed by atoms with van der Waals surface area (Å²) in [6.45, 7) is 5.51. The van der Waals surface area contributed by atoms with E-state index >= 15 is 0 Å². The quantitative estimate of drug-likeness (QED) is 0.537. The summed E-state index contributed by atoms with van der Waals surface area (Å²) in [5.41, 5.74) is -0.528. The number of thioether (sulfide) groups is 1. The number of amides is 3. The molecule has 3 unspecified atom stereocenters. The molecular weight excluding hydrogens is 498 g/mol. The molecule has 1 N–H and O–H groups in total. The van der Waals surface area contributed by atoms with Crippen LogP contribution in [0.5, 0.6) is 5.75 Å². The highest BCUT2D eigenvalue weighted by atomic mass is 32.2. The molecule has 1 aromatic carbocycles. The lowest BCUT2D eigenvalue weighted by molar-refractivity contribution is -0.158. The van der Waals surface area contributed by atoms with Crippen molar-refractivity contribution in [1.82, 2.24) is 9.80 Å². The Morgan fingerprint density at radius 2 is 1.97 bits per heavy atom. The molecule has 3 aliphatic rings. The predicted molar refractivity (Wildman–Crippen MR) is 135 cm³/mol. The fraction of sp³-hybridized carbons (Fsp3) is 0.538. The summed E-state index contributed by atoms with van der Waals surface area (Å²) in [6, 6.07) is 8.76. The molecule has 37 heavy (non-hydrogen) atoms. The molecule has 0 radical (unpaired) electrons. The van der Waals surface area contributed by atoms with Gasteiger partial charge in [0.2, 0.25) is 5.91 Å². The van der Waals surface area contributed by atoms with Gasteiger partial charge in [0, 0.05) is 18.8 Å². The summed E-state index contributed by atoms with van der Waals surface area (Å²) in [6.07, 6.45) is 0.643. The molecule has 10 nitrogen and oxygen atoms in total. The van der Waals surface area contributed by atoms with Crippen LogP contribution in [0.3, 0.4) is 0 Å². The number of fused-ring (bicyclic) bond motifs is 1. The Morgan fingerprint density at radius 3 is 2.59 bits per heavy atom. The first-order valence-corrected chi connectivity index (χ1v) is 13.0. The van der Waals surface area contributed by atoms with Crippen molar-refractivity contribution in [2.24, 2.45) is 5.92 Å². The zero-order valence-electron chi connectivity index (χ0n) is 21.3. The number of carboxylic acid groups (broad SMARTS) is 1. The molecule has 3 amide bonds. The highest BCUT2D eigenvalue weighted by molar-refractivity contribution is 8.04. The van der Waals surface area contributed by atoms with Crippen molar-refractivity contribution in [2.75, 3.05) is 26.9 Å². The zero-order valence-corrected chi connectivity index (χ0v) is 22.1. The van der Waals surface area contributed by atoms with Crippen LogP contribution >= 0.6 is 11.8 Å². The molecule has 1 aromatic rings. The number of carbonyl (C=O) groups excluding carboxylic acids is 2. The second kappa shape index (κ2) is 10.7. The second-order valence-corrected chi connectivity index (χ2v) is 10.9. The number of para-hydroxylation sites is 1. The summed E-state index contributed by atoms with van der Waals surface area (Å²) in [4.78, 5) is 42.2. The minimum Gasteiger partial charge on any atom is -0.496 e. The highest BCUT2D eigenvalue weighted by Crippen LogP contribution is 2.48. The van der Waals surface area contributed by atoms with E-state index in [2.05, 4.69) is 6.07 Å². The van der Waals surface area contributed by atoms with Crippen LogP contribution in [0.4, 0.5) is 4.79 Å². The number of benzene rings is 1. The zero-order chi connectivity index (χ0) is 26.9. The highest BCUT2D eigenvalue weighted by Gasteiger charge is 2.57. The third kappa shape index (κ3) is 4.93. The van der Waals surface area contributed by atoms with Gasteiger partial charge in [-0.05, 0) is 45.3 Å². The number of carbonyl (C=O) groups is 3. The third-order valence-electron chi connectivity index (χ3n) is 7.14. The van der Waals surface area contributed by atoms with Gasteiger partial charge in [0.15, 0.2) is 0 Å². The summed E-state index contributed by atoms with van der Waals surface area (Å²) < 4.78 is 17.6. The molecule has 4 rings (SSSR count). The first-order chi connectivity index (χ1) is 17.6. The van der Waals surface area contributed by atoms with Crippen LogP contribution in [0.15, 0.2) is 34.7 Å². The number of urea groups is 1. The van der Waals surface area contributed by atoms with Gasteiger partial charge in [0.25, 0.3) is 0 Å². The number of nitrogens with zero attached hydrogens (tertiary/aromatic N) is 3. The van der Waals surface area contributed by atoms with Crippen LogP contribution in [-0.2, 0) is 19.1 Å². The Balaban J connectivity index is 1.76. The molecule has 11 heteroatoms. The molecule has 2 fully saturated rings. The largest absolute Gasteiger partial charge is 0.496 e. The van der Waals surface area contributed by atoms with E-state index in [0.717, 1.165) is 22.2 Å². The van der Waals surface area contributed by atoms with Gasteiger partial charge in [-0.2, -0.15) is 5.26 Å². The molecule has 3 aliphatic heterocycles. The smallest absolute Gasteiger partial charge is 0.329 e. The minimum atomic E-state index is -1.79. The standard InChI is InChI=1S/C26H31N3O7S/c1-15-20(13-27)37-23-21(15)22(30)29(26(2,3)24(31)32)25(33)28(23)14-19(36-16-9-11-35-12-10-16)17-7-5-6-8-18(17)34-4/h5-8,16,19,21,23H,9-12,14H2,1-4H3,(H,31,32). The average molecular weight is 530 g/mol. The molecular formula is C26H31N3O7S. The topological polar surface area (TPSA) is 129 Å². The first kappa shape index (κ1) is 27.0. The van der Waals surface area contributed by atoms with E-state index < -0.39 is 40.8 Å². The van der Waals surface area contributed by atoms with Crippen LogP contribution in [0, 0.1) is 17.2 Å². The number of carboxylic acids is 1. The number of methoxy groups -OCH3 is 1. The van der Waals surface area contributed by atoms with Crippen LogP contribution in [0.1, 0.15) is 45.3 Å². The van der Waals surface area contributed by atoms with Gasteiger partial charge < -0.3 is 24.2 Å². The molecule has 0 aromatic heterocycles. The maximum atomic E-state index is 13.9. The van der Waals surface area contributed by atoms with E-state index in [4.69, 9.17) is 14.2 Å². The van der Waals surface area contributed by atoms with Gasteiger partial charge in [0.1, 0.15) is 28.8 Å². The number of imide groups is 1. The van der Waals surface area contributed by atoms with Gasteiger partial charge in [-0.15, -0.1) is 0 Å². The Bertz CT molecular complexity index is 1160. The lowest BCUT2D eigenvalue weighted by Crippen LogP contribution is -2.67. The van der Waals surface area contributed by atoms with E-state index in [0.29, 0.717) is 42.3 Å². The van der Waals surface area contributed by atoms with Gasteiger partial charge >= 0.3 is 12.0 Å². The van der Waals surface area contributed by atoms with Gasteiger partial charge in [-0.1, -0.05) is 30.0 Å². The number of rotatable bonds is 8. The lowest BCUT2D eigenvalue weighted by atomic mass is 9.91. The predicted octanol–water partition coefficient (Wildman–Crippen LogP) is 3.55. The summed E-state index contributed by atoms with van der Waals surface area (Å²) in [5.74, 6) is -2.17.